The van der Waals surface area contributed by atoms with Gasteiger partial charge in [-0.3, -0.25) is 4.79 Å². The number of amides is 1. The summed E-state index contributed by atoms with van der Waals surface area (Å²) < 4.78 is 10.3. The molecule has 0 saturated carbocycles. The molecule has 7 nitrogen and oxygen atoms in total. The van der Waals surface area contributed by atoms with Crippen LogP contribution in [0.5, 0.6) is 0 Å². The lowest BCUT2D eigenvalue weighted by Gasteiger charge is -2.36. The first-order valence-electron chi connectivity index (χ1n) is 9.90. The van der Waals surface area contributed by atoms with Crippen LogP contribution in [-0.4, -0.2) is 48.8 Å². The minimum atomic E-state index is -0.398. The van der Waals surface area contributed by atoms with Crippen LogP contribution in [-0.2, 0) is 19.1 Å². The minimum absolute atomic E-state index is 0.105. The van der Waals surface area contributed by atoms with Crippen LogP contribution >= 0.6 is 11.8 Å². The van der Waals surface area contributed by atoms with Crippen molar-refractivity contribution in [1.82, 2.24) is 10.2 Å². The highest BCUT2D eigenvalue weighted by molar-refractivity contribution is 8.16. The molecule has 30 heavy (non-hydrogen) atoms. The number of carbonyl (C=O) groups excluding carboxylic acids is 2. The van der Waals surface area contributed by atoms with E-state index in [1.165, 1.54) is 11.8 Å². The molecule has 0 aliphatic carbocycles. The molecule has 0 aromatic heterocycles. The number of nitrogens with one attached hydrogen (secondary N) is 1. The van der Waals surface area contributed by atoms with Crippen molar-refractivity contribution in [3.63, 3.8) is 0 Å². The standard InChI is InChI=1S/C22H27N3O4S/c1-5-29-21(27)19-15(3)24-22-25(20(19)16-8-6-14(2)7-9-16)17(13-30-22)12-18(26)23-10-11-28-4/h6-9,13,20H,5,10-12H2,1-4H3,(H,23,26). The van der Waals surface area contributed by atoms with Crippen LogP contribution in [0, 0.1) is 6.92 Å². The Bertz CT molecular complexity index is 905. The third-order valence-corrected chi connectivity index (χ3v) is 5.75. The van der Waals surface area contributed by atoms with E-state index in [4.69, 9.17) is 9.47 Å². The van der Waals surface area contributed by atoms with E-state index in [1.54, 1.807) is 14.0 Å². The third kappa shape index (κ3) is 4.76. The molecule has 1 N–H and O–H groups in total. The maximum absolute atomic E-state index is 12.9. The van der Waals surface area contributed by atoms with Gasteiger partial charge in [0, 0.05) is 19.4 Å². The summed E-state index contributed by atoms with van der Waals surface area (Å²) in [4.78, 5) is 31.9. The molecule has 3 rings (SSSR count). The Balaban J connectivity index is 1.95. The fourth-order valence-corrected chi connectivity index (χ4v) is 4.39. The van der Waals surface area contributed by atoms with Crippen molar-refractivity contribution in [2.45, 2.75) is 33.2 Å². The van der Waals surface area contributed by atoms with Gasteiger partial charge >= 0.3 is 5.97 Å². The first-order chi connectivity index (χ1) is 14.5. The van der Waals surface area contributed by atoms with Gasteiger partial charge in [0.05, 0.1) is 36.9 Å². The Morgan fingerprint density at radius 1 is 1.23 bits per heavy atom. The van der Waals surface area contributed by atoms with E-state index in [0.717, 1.165) is 22.0 Å². The van der Waals surface area contributed by atoms with Crippen molar-refractivity contribution in [3.05, 3.63) is 57.8 Å². The summed E-state index contributed by atoms with van der Waals surface area (Å²) in [5.41, 5.74) is 4.01. The monoisotopic (exact) mass is 429 g/mol. The van der Waals surface area contributed by atoms with Gasteiger partial charge in [0.25, 0.3) is 0 Å². The predicted octanol–water partition coefficient (Wildman–Crippen LogP) is 3.29. The molecule has 160 valence electrons. The molecular formula is C22H27N3O4S. The predicted molar refractivity (Wildman–Crippen MR) is 118 cm³/mol. The second-order valence-electron chi connectivity index (χ2n) is 7.04. The van der Waals surface area contributed by atoms with Crippen LogP contribution in [0.25, 0.3) is 0 Å². The number of rotatable bonds is 8. The minimum Gasteiger partial charge on any atom is -0.463 e. The first-order valence-corrected chi connectivity index (χ1v) is 10.8. The van der Waals surface area contributed by atoms with Gasteiger partial charge in [-0.15, -0.1) is 0 Å². The molecule has 0 spiro atoms. The van der Waals surface area contributed by atoms with Gasteiger partial charge in [0.2, 0.25) is 5.91 Å². The number of ether oxygens (including phenoxy) is 2. The smallest absolute Gasteiger partial charge is 0.338 e. The van der Waals surface area contributed by atoms with Crippen LogP contribution in [0.4, 0.5) is 0 Å². The number of esters is 1. The summed E-state index contributed by atoms with van der Waals surface area (Å²) in [5.74, 6) is -0.490. The number of thioether (sulfide) groups is 1. The van der Waals surface area contributed by atoms with E-state index in [1.807, 2.05) is 48.4 Å². The van der Waals surface area contributed by atoms with Crippen LogP contribution < -0.4 is 5.32 Å². The van der Waals surface area contributed by atoms with Gasteiger partial charge in [0.1, 0.15) is 0 Å². The molecule has 2 aliphatic rings. The van der Waals surface area contributed by atoms with Crippen molar-refractivity contribution in [1.29, 1.82) is 0 Å². The van der Waals surface area contributed by atoms with Gasteiger partial charge in [-0.05, 0) is 31.7 Å². The highest BCUT2D eigenvalue weighted by Crippen LogP contribution is 2.44. The zero-order chi connectivity index (χ0) is 21.7. The quantitative estimate of drug-likeness (QED) is 0.505. The fourth-order valence-electron chi connectivity index (χ4n) is 3.42. The Kier molecular flexibility index (Phi) is 7.33. The summed E-state index contributed by atoms with van der Waals surface area (Å²) in [6, 6.07) is 7.65. The molecule has 1 atom stereocenters. The maximum atomic E-state index is 12.9. The molecule has 0 radical (unpaired) electrons. The van der Waals surface area contributed by atoms with E-state index < -0.39 is 6.04 Å². The Morgan fingerprint density at radius 3 is 2.63 bits per heavy atom. The highest BCUT2D eigenvalue weighted by atomic mass is 32.2. The summed E-state index contributed by atoms with van der Waals surface area (Å²) in [6.45, 7) is 6.82. The number of benzene rings is 1. The fraction of sp³-hybridized carbons (Fsp3) is 0.409. The van der Waals surface area contributed by atoms with E-state index in [9.17, 15) is 9.59 Å². The number of hydrogen-bond acceptors (Lipinski definition) is 7. The number of fused-ring (bicyclic) bond motifs is 1. The van der Waals surface area contributed by atoms with E-state index in [0.29, 0.717) is 24.4 Å². The molecule has 1 amide bonds. The van der Waals surface area contributed by atoms with E-state index in [2.05, 4.69) is 10.3 Å². The van der Waals surface area contributed by atoms with Gasteiger partial charge in [-0.25, -0.2) is 9.79 Å². The SMILES string of the molecule is CCOC(=O)C1=C(C)N=C2SC=C(CC(=O)NCCOC)N2C1c1ccc(C)cc1. The molecular weight excluding hydrogens is 402 g/mol. The van der Waals surface area contributed by atoms with Gasteiger partial charge in [0.15, 0.2) is 5.17 Å². The lowest BCUT2D eigenvalue weighted by atomic mass is 9.93. The topological polar surface area (TPSA) is 80.2 Å². The normalized spacial score (nSPS) is 18.0. The second kappa shape index (κ2) is 9.95. The second-order valence-corrected chi connectivity index (χ2v) is 7.88. The molecule has 1 unspecified atom stereocenters. The number of hydrogen-bond donors (Lipinski definition) is 1. The largest absolute Gasteiger partial charge is 0.463 e. The number of aryl methyl sites for hydroxylation is 1. The van der Waals surface area contributed by atoms with Gasteiger partial charge < -0.3 is 19.7 Å². The van der Waals surface area contributed by atoms with Crippen LogP contribution in [0.3, 0.4) is 0 Å². The average molecular weight is 430 g/mol. The molecule has 8 heteroatoms. The Labute approximate surface area is 181 Å². The van der Waals surface area contributed by atoms with E-state index >= 15 is 0 Å². The summed E-state index contributed by atoms with van der Waals surface area (Å²) in [7, 11) is 1.59. The zero-order valence-electron chi connectivity index (χ0n) is 17.7. The molecule has 1 aromatic rings. The van der Waals surface area contributed by atoms with Crippen molar-refractivity contribution in [2.75, 3.05) is 26.9 Å². The number of methoxy groups -OCH3 is 1. The van der Waals surface area contributed by atoms with Crippen molar-refractivity contribution < 1.29 is 19.1 Å². The Morgan fingerprint density at radius 2 is 1.97 bits per heavy atom. The molecule has 1 aromatic carbocycles. The molecule has 2 heterocycles. The highest BCUT2D eigenvalue weighted by Gasteiger charge is 2.41. The van der Waals surface area contributed by atoms with Gasteiger partial charge in [-0.2, -0.15) is 0 Å². The lowest BCUT2D eigenvalue weighted by Crippen LogP contribution is -2.38. The van der Waals surface area contributed by atoms with Crippen molar-refractivity contribution in [3.8, 4) is 0 Å². The third-order valence-electron chi connectivity index (χ3n) is 4.86. The number of carbonyl (C=O) groups is 2. The van der Waals surface area contributed by atoms with Crippen LogP contribution in [0.2, 0.25) is 0 Å². The molecule has 0 saturated heterocycles. The van der Waals surface area contributed by atoms with Crippen LogP contribution in [0.1, 0.15) is 37.4 Å². The number of allylic oxidation sites excluding steroid dienone is 1. The number of amidine groups is 1. The summed E-state index contributed by atoms with van der Waals surface area (Å²) in [5, 5.41) is 5.53. The van der Waals surface area contributed by atoms with E-state index in [-0.39, 0.29) is 24.9 Å². The number of aliphatic imine (C=N–C) groups is 1. The summed E-state index contributed by atoms with van der Waals surface area (Å²) >= 11 is 1.46. The zero-order valence-corrected chi connectivity index (χ0v) is 18.5. The first kappa shape index (κ1) is 22.1. The lowest BCUT2D eigenvalue weighted by molar-refractivity contribution is -0.139. The Hall–Kier alpha value is -2.58. The molecule has 2 aliphatic heterocycles. The average Bonchev–Trinajstić information content (AvgIpc) is 3.10. The van der Waals surface area contributed by atoms with Crippen molar-refractivity contribution >= 4 is 28.8 Å². The maximum Gasteiger partial charge on any atom is 0.338 e. The molecule has 0 bridgehead atoms. The molecule has 0 fully saturated rings. The summed E-state index contributed by atoms with van der Waals surface area (Å²) in [6.07, 6.45) is 0.188. The van der Waals surface area contributed by atoms with Gasteiger partial charge in [-0.1, -0.05) is 41.6 Å². The van der Waals surface area contributed by atoms with Crippen molar-refractivity contribution in [2.24, 2.45) is 4.99 Å². The van der Waals surface area contributed by atoms with Crippen LogP contribution in [0.15, 0.2) is 51.6 Å². The number of nitrogens with zero attached hydrogens (tertiary/aromatic N) is 2.